The molecule has 3 rings (SSSR count). The van der Waals surface area contributed by atoms with Gasteiger partial charge >= 0.3 is 11.9 Å². The molecule has 0 amide bonds. The Kier molecular flexibility index (Phi) is 6.87. The van der Waals surface area contributed by atoms with Gasteiger partial charge in [0, 0.05) is 6.42 Å². The highest BCUT2D eigenvalue weighted by molar-refractivity contribution is 7.92. The van der Waals surface area contributed by atoms with Crippen molar-refractivity contribution in [3.05, 3.63) is 65.7 Å². The molecule has 31 heavy (non-hydrogen) atoms. The molecule has 0 aliphatic carbocycles. The predicted molar refractivity (Wildman–Crippen MR) is 114 cm³/mol. The zero-order valence-electron chi connectivity index (χ0n) is 16.6. The van der Waals surface area contributed by atoms with Crippen LogP contribution in [0.4, 0.5) is 5.69 Å². The van der Waals surface area contributed by atoms with Gasteiger partial charge < -0.3 is 14.2 Å². The third kappa shape index (κ3) is 4.83. The van der Waals surface area contributed by atoms with E-state index in [9.17, 15) is 18.0 Å². The highest BCUT2D eigenvalue weighted by atomic mass is 35.5. The summed E-state index contributed by atoms with van der Waals surface area (Å²) in [5.41, 5.74) is 0.212. The number of sulfonamides is 1. The van der Waals surface area contributed by atoms with Gasteiger partial charge in [-0.3, -0.25) is 4.31 Å². The van der Waals surface area contributed by atoms with Gasteiger partial charge in [0.15, 0.2) is 0 Å². The largest absolute Gasteiger partial charge is 0.497 e. The van der Waals surface area contributed by atoms with E-state index in [4.69, 9.17) is 25.8 Å². The normalized spacial score (nSPS) is 15.8. The molecule has 164 valence electrons. The molecule has 2 aromatic carbocycles. The van der Waals surface area contributed by atoms with Crippen LogP contribution >= 0.6 is 11.6 Å². The van der Waals surface area contributed by atoms with E-state index in [0.29, 0.717) is 11.4 Å². The molecule has 0 radical (unpaired) electrons. The number of methoxy groups -OCH3 is 1. The minimum absolute atomic E-state index is 0.00460. The molecule has 10 heteroatoms. The first-order valence-electron chi connectivity index (χ1n) is 9.22. The van der Waals surface area contributed by atoms with Crippen LogP contribution in [0.5, 0.6) is 5.75 Å². The molecule has 1 aliphatic rings. The van der Waals surface area contributed by atoms with Crippen molar-refractivity contribution in [2.45, 2.75) is 17.4 Å². The quantitative estimate of drug-likeness (QED) is 0.436. The van der Waals surface area contributed by atoms with Gasteiger partial charge in [0.2, 0.25) is 6.10 Å². The molecule has 0 saturated carbocycles. The lowest BCUT2D eigenvalue weighted by atomic mass is 10.2. The molecule has 0 bridgehead atoms. The minimum Gasteiger partial charge on any atom is -0.497 e. The van der Waals surface area contributed by atoms with E-state index in [1.807, 2.05) is 0 Å². The summed E-state index contributed by atoms with van der Waals surface area (Å²) in [7, 11) is -2.58. The number of cyclic esters (lactones) is 1. The van der Waals surface area contributed by atoms with Crippen LogP contribution in [0, 0.1) is 0 Å². The van der Waals surface area contributed by atoms with E-state index < -0.39 is 28.1 Å². The van der Waals surface area contributed by atoms with Gasteiger partial charge in [-0.05, 0) is 42.5 Å². The third-order valence-electron chi connectivity index (χ3n) is 4.54. The number of esters is 2. The number of halogens is 1. The molecule has 0 aromatic heterocycles. The van der Waals surface area contributed by atoms with Crippen molar-refractivity contribution < 1.29 is 32.2 Å². The Balaban J connectivity index is 1.95. The van der Waals surface area contributed by atoms with Crippen molar-refractivity contribution in [3.63, 3.8) is 0 Å². The number of nitrogens with zero attached hydrogens (tertiary/aromatic N) is 1. The third-order valence-corrected chi connectivity index (χ3v) is 6.66. The summed E-state index contributed by atoms with van der Waals surface area (Å²) in [6.45, 7) is 3.76. The van der Waals surface area contributed by atoms with E-state index in [1.165, 1.54) is 25.3 Å². The Morgan fingerprint density at radius 3 is 2.58 bits per heavy atom. The summed E-state index contributed by atoms with van der Waals surface area (Å²) in [4.78, 5) is 23.9. The topological polar surface area (TPSA) is 99.2 Å². The Bertz CT molecular complexity index is 1100. The molecule has 1 saturated heterocycles. The monoisotopic (exact) mass is 465 g/mol. The average Bonchev–Trinajstić information content (AvgIpc) is 3.16. The SMILES string of the molecule is C=CCN(c1ccc(OC)cc1)S(=O)(=O)c1ccc(Cl)c(C(=O)O[C@@H]2CCOC2=O)c1. The molecule has 1 atom stereocenters. The summed E-state index contributed by atoms with van der Waals surface area (Å²) in [5, 5.41) is -0.00460. The Hall–Kier alpha value is -3.04. The van der Waals surface area contributed by atoms with Crippen molar-refractivity contribution >= 4 is 39.3 Å². The van der Waals surface area contributed by atoms with Gasteiger partial charge in [-0.15, -0.1) is 6.58 Å². The fourth-order valence-corrected chi connectivity index (χ4v) is 4.59. The van der Waals surface area contributed by atoms with Crippen LogP contribution in [0.1, 0.15) is 16.8 Å². The Morgan fingerprint density at radius 2 is 2.00 bits per heavy atom. The maximum Gasteiger partial charge on any atom is 0.347 e. The van der Waals surface area contributed by atoms with Crippen molar-refractivity contribution in [3.8, 4) is 5.75 Å². The number of anilines is 1. The maximum absolute atomic E-state index is 13.3. The lowest BCUT2D eigenvalue weighted by molar-refractivity contribution is -0.145. The number of carbonyl (C=O) groups is 2. The fourth-order valence-electron chi connectivity index (χ4n) is 2.93. The molecule has 0 spiro atoms. The Labute approximate surface area is 185 Å². The molecule has 8 nitrogen and oxygen atoms in total. The first kappa shape index (κ1) is 22.6. The van der Waals surface area contributed by atoms with Gasteiger partial charge in [0.1, 0.15) is 5.75 Å². The van der Waals surface area contributed by atoms with Crippen LogP contribution < -0.4 is 9.04 Å². The fraction of sp³-hybridized carbons (Fsp3) is 0.238. The summed E-state index contributed by atoms with van der Waals surface area (Å²) in [6, 6.07) is 10.2. The van der Waals surface area contributed by atoms with Gasteiger partial charge in [-0.1, -0.05) is 17.7 Å². The van der Waals surface area contributed by atoms with Crippen molar-refractivity contribution in [1.29, 1.82) is 0 Å². The van der Waals surface area contributed by atoms with Gasteiger partial charge in [-0.2, -0.15) is 0 Å². The smallest absolute Gasteiger partial charge is 0.347 e. The molecular weight excluding hydrogens is 446 g/mol. The summed E-state index contributed by atoms with van der Waals surface area (Å²) >= 11 is 6.10. The second-order valence-electron chi connectivity index (χ2n) is 6.51. The first-order valence-corrected chi connectivity index (χ1v) is 11.0. The van der Waals surface area contributed by atoms with Gasteiger partial charge in [-0.25, -0.2) is 18.0 Å². The van der Waals surface area contributed by atoms with Crippen LogP contribution in [0.3, 0.4) is 0 Å². The molecule has 2 aromatic rings. The van der Waals surface area contributed by atoms with Crippen LogP contribution in [0.2, 0.25) is 5.02 Å². The minimum atomic E-state index is -4.08. The zero-order chi connectivity index (χ0) is 22.6. The molecule has 0 unspecified atom stereocenters. The van der Waals surface area contributed by atoms with E-state index in [-0.39, 0.29) is 35.1 Å². The van der Waals surface area contributed by atoms with Crippen LogP contribution in [0.25, 0.3) is 0 Å². The number of hydrogen-bond acceptors (Lipinski definition) is 7. The number of rotatable bonds is 8. The zero-order valence-corrected chi connectivity index (χ0v) is 18.2. The van der Waals surface area contributed by atoms with Crippen LogP contribution in [-0.2, 0) is 24.3 Å². The number of hydrogen-bond donors (Lipinski definition) is 0. The summed E-state index contributed by atoms with van der Waals surface area (Å²) < 4.78 is 42.8. The highest BCUT2D eigenvalue weighted by Crippen LogP contribution is 2.29. The van der Waals surface area contributed by atoms with E-state index >= 15 is 0 Å². The summed E-state index contributed by atoms with van der Waals surface area (Å²) in [5.74, 6) is -0.989. The predicted octanol–water partition coefficient (Wildman–Crippen LogP) is 3.20. The van der Waals surface area contributed by atoms with Crippen molar-refractivity contribution in [1.82, 2.24) is 0 Å². The molecule has 1 heterocycles. The van der Waals surface area contributed by atoms with Crippen LogP contribution in [0.15, 0.2) is 60.0 Å². The first-order chi connectivity index (χ1) is 14.8. The molecule has 0 N–H and O–H groups in total. The van der Waals surface area contributed by atoms with E-state index in [0.717, 1.165) is 10.4 Å². The number of carbonyl (C=O) groups excluding carboxylic acids is 2. The molecule has 1 aliphatic heterocycles. The lowest BCUT2D eigenvalue weighted by Crippen LogP contribution is -2.31. The standard InChI is InChI=1S/C21H20ClNO7S/c1-3-11-23(14-4-6-15(28-2)7-5-14)31(26,27)16-8-9-18(22)17(13-16)20(24)30-19-10-12-29-21(19)25/h3-9,13,19H,1,10-12H2,2H3/t19-/m1/s1. The maximum atomic E-state index is 13.3. The number of ether oxygens (including phenoxy) is 3. The highest BCUT2D eigenvalue weighted by Gasteiger charge is 2.32. The average molecular weight is 466 g/mol. The molecule has 1 fully saturated rings. The summed E-state index contributed by atoms with van der Waals surface area (Å²) in [6.07, 6.45) is 0.629. The van der Waals surface area contributed by atoms with E-state index in [2.05, 4.69) is 6.58 Å². The van der Waals surface area contributed by atoms with Crippen molar-refractivity contribution in [2.75, 3.05) is 24.6 Å². The Morgan fingerprint density at radius 1 is 1.29 bits per heavy atom. The van der Waals surface area contributed by atoms with Crippen LogP contribution in [-0.4, -0.2) is 46.7 Å². The van der Waals surface area contributed by atoms with Gasteiger partial charge in [0.25, 0.3) is 10.0 Å². The number of benzene rings is 2. The second-order valence-corrected chi connectivity index (χ2v) is 8.78. The molecular formula is C21H20ClNO7S. The van der Waals surface area contributed by atoms with E-state index in [1.54, 1.807) is 24.3 Å². The lowest BCUT2D eigenvalue weighted by Gasteiger charge is -2.23. The second kappa shape index (κ2) is 9.40. The van der Waals surface area contributed by atoms with Crippen molar-refractivity contribution in [2.24, 2.45) is 0 Å². The van der Waals surface area contributed by atoms with Gasteiger partial charge in [0.05, 0.1) is 41.4 Å².